The second-order valence-electron chi connectivity index (χ2n) is 14.3. The lowest BCUT2D eigenvalue weighted by Crippen LogP contribution is -2.26. The van der Waals surface area contributed by atoms with E-state index in [-0.39, 0.29) is 17.1 Å². The first kappa shape index (κ1) is 41.8. The van der Waals surface area contributed by atoms with Crippen molar-refractivity contribution in [1.29, 1.82) is 0 Å². The molecule has 0 heterocycles. The third-order valence-electron chi connectivity index (χ3n) is 9.03. The SMILES string of the molecule is C=C([C]=O)C(C(=O)CCCCCCCCCCCCCCC(C)C)C(=O)CCCCCCCCCCCCCCC(C)C. The Balaban J connectivity index is 3.80. The molecule has 0 aromatic carbocycles. The molecule has 3 heteroatoms. The maximum atomic E-state index is 12.8. The zero-order valence-corrected chi connectivity index (χ0v) is 29.5. The molecule has 1 radical (unpaired) electrons. The van der Waals surface area contributed by atoms with Crippen LogP contribution in [0.3, 0.4) is 0 Å². The Morgan fingerprint density at radius 1 is 0.442 bits per heavy atom. The van der Waals surface area contributed by atoms with Crippen molar-refractivity contribution < 1.29 is 14.4 Å². The number of hydrogen-bond acceptors (Lipinski definition) is 3. The summed E-state index contributed by atoms with van der Waals surface area (Å²) in [6, 6.07) is 0. The number of carbonyl (C=O) groups is 2. The predicted octanol–water partition coefficient (Wildman–Crippen LogP) is 12.6. The summed E-state index contributed by atoms with van der Waals surface area (Å²) >= 11 is 0. The van der Waals surface area contributed by atoms with Crippen LogP contribution in [0, 0.1) is 17.8 Å². The minimum atomic E-state index is -0.965. The molecule has 0 N–H and O–H groups in total. The van der Waals surface area contributed by atoms with E-state index >= 15 is 0 Å². The molecule has 0 aliphatic rings. The van der Waals surface area contributed by atoms with Crippen LogP contribution in [0.15, 0.2) is 12.2 Å². The molecule has 0 amide bonds. The van der Waals surface area contributed by atoms with Crippen molar-refractivity contribution in [1.82, 2.24) is 0 Å². The van der Waals surface area contributed by atoms with E-state index in [1.807, 2.05) is 0 Å². The normalized spacial score (nSPS) is 11.6. The molecule has 0 aromatic heterocycles. The van der Waals surface area contributed by atoms with Crippen LogP contribution in [0.25, 0.3) is 0 Å². The third kappa shape index (κ3) is 28.0. The van der Waals surface area contributed by atoms with E-state index in [1.54, 1.807) is 6.29 Å². The topological polar surface area (TPSA) is 51.2 Å². The summed E-state index contributed by atoms with van der Waals surface area (Å²) in [5.74, 6) is 0.445. The van der Waals surface area contributed by atoms with Gasteiger partial charge in [-0.2, -0.15) is 0 Å². The van der Waals surface area contributed by atoms with Crippen LogP contribution < -0.4 is 0 Å². The van der Waals surface area contributed by atoms with E-state index in [0.717, 1.165) is 50.4 Å². The van der Waals surface area contributed by atoms with Crippen molar-refractivity contribution in [3.05, 3.63) is 12.2 Å². The number of Topliss-reactive ketones (excluding diaryl/α,β-unsaturated/α-hetero) is 2. The van der Waals surface area contributed by atoms with Gasteiger partial charge in [-0.1, -0.05) is 188 Å². The summed E-state index contributed by atoms with van der Waals surface area (Å²) in [6.07, 6.45) is 35.2. The van der Waals surface area contributed by atoms with Gasteiger partial charge in [-0.25, -0.2) is 0 Å². The lowest BCUT2D eigenvalue weighted by atomic mass is 9.87. The van der Waals surface area contributed by atoms with E-state index in [1.165, 1.54) is 128 Å². The Kier molecular flexibility index (Phi) is 29.9. The highest BCUT2D eigenvalue weighted by atomic mass is 16.2. The predicted molar refractivity (Wildman–Crippen MR) is 187 cm³/mol. The Morgan fingerprint density at radius 2 is 0.674 bits per heavy atom. The van der Waals surface area contributed by atoms with Gasteiger partial charge in [0.25, 0.3) is 0 Å². The van der Waals surface area contributed by atoms with Crippen molar-refractivity contribution in [3.63, 3.8) is 0 Å². The number of hydrogen-bond donors (Lipinski definition) is 0. The van der Waals surface area contributed by atoms with E-state index in [0.29, 0.717) is 12.8 Å². The van der Waals surface area contributed by atoms with Crippen LogP contribution in [0.4, 0.5) is 0 Å². The fourth-order valence-electron chi connectivity index (χ4n) is 6.15. The van der Waals surface area contributed by atoms with E-state index in [2.05, 4.69) is 34.3 Å². The molecule has 0 aromatic rings. The first-order valence-corrected chi connectivity index (χ1v) is 18.9. The quantitative estimate of drug-likeness (QED) is 0.0419. The zero-order chi connectivity index (χ0) is 32.0. The summed E-state index contributed by atoms with van der Waals surface area (Å²) in [5, 5.41) is 0. The van der Waals surface area contributed by atoms with Gasteiger partial charge in [-0.3, -0.25) is 14.4 Å². The summed E-state index contributed by atoms with van der Waals surface area (Å²) in [4.78, 5) is 36.9. The monoisotopic (exact) mass is 602 g/mol. The van der Waals surface area contributed by atoms with Gasteiger partial charge in [0.15, 0.2) is 0 Å². The number of unbranched alkanes of at least 4 members (excludes halogenated alkanes) is 22. The molecule has 0 spiro atoms. The van der Waals surface area contributed by atoms with Crippen molar-refractivity contribution in [2.75, 3.05) is 0 Å². The number of carbonyl (C=O) groups excluding carboxylic acids is 3. The average Bonchev–Trinajstić information content (AvgIpc) is 2.97. The van der Waals surface area contributed by atoms with Crippen LogP contribution in [0.1, 0.15) is 207 Å². The minimum Gasteiger partial charge on any atom is -0.299 e. The van der Waals surface area contributed by atoms with Gasteiger partial charge in [0.05, 0.1) is 0 Å². The van der Waals surface area contributed by atoms with E-state index in [4.69, 9.17) is 0 Å². The molecule has 3 nitrogen and oxygen atoms in total. The van der Waals surface area contributed by atoms with Gasteiger partial charge in [-0.05, 0) is 24.7 Å². The molecular weight excluding hydrogens is 528 g/mol. The molecule has 0 saturated carbocycles. The number of ketones is 2. The number of rotatable bonds is 34. The highest BCUT2D eigenvalue weighted by Crippen LogP contribution is 2.20. The maximum Gasteiger partial charge on any atom is 0.229 e. The molecular formula is C40H73O3. The van der Waals surface area contributed by atoms with Gasteiger partial charge in [0.2, 0.25) is 6.29 Å². The standard InChI is InChI=1S/C40H73O3/c1-35(2)30-26-22-18-14-10-6-8-12-16-20-24-28-32-38(42)40(37(5)34-41)39(43)33-29-25-21-17-13-9-7-11-15-19-23-27-31-36(3)4/h35-36,40H,5-33H2,1-4H3. The minimum absolute atomic E-state index is 0.0230. The lowest BCUT2D eigenvalue weighted by Gasteiger charge is -2.14. The fourth-order valence-corrected chi connectivity index (χ4v) is 6.15. The van der Waals surface area contributed by atoms with Gasteiger partial charge >= 0.3 is 0 Å². The Labute approximate surface area is 269 Å². The molecule has 0 aliphatic heterocycles. The molecule has 0 rings (SSSR count). The van der Waals surface area contributed by atoms with Gasteiger partial charge < -0.3 is 0 Å². The Hall–Kier alpha value is -1.25. The van der Waals surface area contributed by atoms with Gasteiger partial charge in [0, 0.05) is 18.4 Å². The van der Waals surface area contributed by atoms with Gasteiger partial charge in [-0.15, -0.1) is 0 Å². The molecule has 0 fully saturated rings. The summed E-state index contributed by atoms with van der Waals surface area (Å²) in [7, 11) is 0. The van der Waals surface area contributed by atoms with Crippen molar-refractivity contribution >= 4 is 17.9 Å². The molecule has 0 bridgehead atoms. The molecule has 43 heavy (non-hydrogen) atoms. The summed E-state index contributed by atoms with van der Waals surface area (Å²) < 4.78 is 0. The average molecular weight is 602 g/mol. The summed E-state index contributed by atoms with van der Waals surface area (Å²) in [6.45, 7) is 12.9. The third-order valence-corrected chi connectivity index (χ3v) is 9.03. The maximum absolute atomic E-state index is 12.8. The first-order chi connectivity index (χ1) is 20.8. The van der Waals surface area contributed by atoms with Gasteiger partial charge in [0.1, 0.15) is 17.5 Å². The van der Waals surface area contributed by atoms with Crippen LogP contribution in [0.5, 0.6) is 0 Å². The highest BCUT2D eigenvalue weighted by molar-refractivity contribution is 6.09. The second-order valence-corrected chi connectivity index (χ2v) is 14.3. The second kappa shape index (κ2) is 30.8. The Morgan fingerprint density at radius 3 is 0.907 bits per heavy atom. The van der Waals surface area contributed by atoms with Crippen LogP contribution in [-0.2, 0) is 14.4 Å². The van der Waals surface area contributed by atoms with E-state index in [9.17, 15) is 14.4 Å². The molecule has 0 unspecified atom stereocenters. The highest BCUT2D eigenvalue weighted by Gasteiger charge is 2.28. The number of allylic oxidation sites excluding steroid dienone is 1. The first-order valence-electron chi connectivity index (χ1n) is 18.9. The van der Waals surface area contributed by atoms with Crippen molar-refractivity contribution in [2.24, 2.45) is 17.8 Å². The molecule has 0 aliphatic carbocycles. The fraction of sp³-hybridized carbons (Fsp3) is 0.875. The lowest BCUT2D eigenvalue weighted by molar-refractivity contribution is -0.131. The van der Waals surface area contributed by atoms with Crippen LogP contribution in [0.2, 0.25) is 0 Å². The molecule has 0 atom stereocenters. The van der Waals surface area contributed by atoms with Crippen LogP contribution in [-0.4, -0.2) is 17.9 Å². The van der Waals surface area contributed by atoms with Crippen molar-refractivity contribution in [3.8, 4) is 0 Å². The molecule has 0 saturated heterocycles. The largest absolute Gasteiger partial charge is 0.299 e. The smallest absolute Gasteiger partial charge is 0.229 e. The van der Waals surface area contributed by atoms with Crippen molar-refractivity contribution in [2.45, 2.75) is 207 Å². The molecule has 251 valence electrons. The van der Waals surface area contributed by atoms with E-state index < -0.39 is 5.92 Å². The summed E-state index contributed by atoms with van der Waals surface area (Å²) in [5.41, 5.74) is 0.0230. The Bertz CT molecular complexity index is 629. The van der Waals surface area contributed by atoms with Crippen LogP contribution >= 0.6 is 0 Å². The zero-order valence-electron chi connectivity index (χ0n) is 29.5.